The van der Waals surface area contributed by atoms with Gasteiger partial charge in [-0.1, -0.05) is 23.4 Å². The Balaban J connectivity index is 1.61. The molecule has 13 heteroatoms. The molecule has 0 fully saturated rings. The average Bonchev–Trinajstić information content (AvgIpc) is 3.40. The molecule has 1 aromatic carbocycles. The Morgan fingerprint density at radius 1 is 1.17 bits per heavy atom. The quantitative estimate of drug-likeness (QED) is 0.414. The molecule has 0 spiro atoms. The molecule has 0 aliphatic carbocycles. The van der Waals surface area contributed by atoms with Crippen molar-refractivity contribution in [1.82, 2.24) is 35.0 Å². The minimum absolute atomic E-state index is 0.0313. The first kappa shape index (κ1) is 20.4. The highest BCUT2D eigenvalue weighted by Gasteiger charge is 2.35. The molecular formula is C17H13ClF3N7OS. The van der Waals surface area contributed by atoms with Crippen LogP contribution < -0.4 is 0 Å². The first-order valence-electron chi connectivity index (χ1n) is 8.46. The Bertz CT molecular complexity index is 1200. The molecule has 3 heterocycles. The highest BCUT2D eigenvalue weighted by Crippen LogP contribution is 2.36. The fourth-order valence-corrected chi connectivity index (χ4v) is 3.81. The lowest BCUT2D eigenvalue weighted by Crippen LogP contribution is -2.13. The molecule has 4 rings (SSSR count). The van der Waals surface area contributed by atoms with Crippen molar-refractivity contribution in [2.75, 3.05) is 0 Å². The summed E-state index contributed by atoms with van der Waals surface area (Å²) in [7, 11) is 1.79. The van der Waals surface area contributed by atoms with Crippen LogP contribution in [0.2, 0.25) is 5.02 Å². The van der Waals surface area contributed by atoms with Gasteiger partial charge in [0.15, 0.2) is 16.8 Å². The second-order valence-electron chi connectivity index (χ2n) is 6.21. The number of hydrogen-bond acceptors (Lipinski definition) is 7. The van der Waals surface area contributed by atoms with Gasteiger partial charge in [0.2, 0.25) is 0 Å². The van der Waals surface area contributed by atoms with E-state index in [0.29, 0.717) is 16.7 Å². The predicted molar refractivity (Wildman–Crippen MR) is 102 cm³/mol. The second kappa shape index (κ2) is 7.76. The molecule has 30 heavy (non-hydrogen) atoms. The van der Waals surface area contributed by atoms with E-state index in [1.54, 1.807) is 23.9 Å². The van der Waals surface area contributed by atoms with Crippen LogP contribution in [0.25, 0.3) is 17.1 Å². The van der Waals surface area contributed by atoms with Crippen LogP contribution in [0.4, 0.5) is 13.2 Å². The molecule has 0 bridgehead atoms. The number of hydrogen-bond donors (Lipinski definition) is 0. The summed E-state index contributed by atoms with van der Waals surface area (Å²) in [6.45, 7) is 1.81. The van der Waals surface area contributed by atoms with Crippen LogP contribution >= 0.6 is 23.4 Å². The van der Waals surface area contributed by atoms with E-state index >= 15 is 0 Å². The molecule has 0 radical (unpaired) electrons. The number of furan rings is 1. The topological polar surface area (TPSA) is 87.5 Å². The second-order valence-corrected chi connectivity index (χ2v) is 7.59. The molecule has 4 aromatic rings. The normalized spacial score (nSPS) is 11.9. The summed E-state index contributed by atoms with van der Waals surface area (Å²) < 4.78 is 48.5. The fraction of sp³-hybridized carbons (Fsp3) is 0.235. The van der Waals surface area contributed by atoms with Gasteiger partial charge in [0, 0.05) is 12.1 Å². The van der Waals surface area contributed by atoms with Crippen molar-refractivity contribution in [3.05, 3.63) is 52.7 Å². The molecule has 0 N–H and O–H groups in total. The summed E-state index contributed by atoms with van der Waals surface area (Å²) in [5.41, 5.74) is -0.331. The van der Waals surface area contributed by atoms with Crippen LogP contribution in [0.5, 0.6) is 0 Å². The molecule has 3 aromatic heterocycles. The summed E-state index contributed by atoms with van der Waals surface area (Å²) in [4.78, 5) is 0. The lowest BCUT2D eigenvalue weighted by atomic mass is 10.1. The van der Waals surface area contributed by atoms with Crippen molar-refractivity contribution in [3.8, 4) is 17.1 Å². The molecule has 156 valence electrons. The van der Waals surface area contributed by atoms with Gasteiger partial charge in [-0.3, -0.25) is 0 Å². The smallest absolute Gasteiger partial charge is 0.418 e. The summed E-state index contributed by atoms with van der Waals surface area (Å²) >= 11 is 6.99. The van der Waals surface area contributed by atoms with E-state index in [1.165, 1.54) is 23.9 Å². The van der Waals surface area contributed by atoms with Gasteiger partial charge in [-0.2, -0.15) is 17.9 Å². The van der Waals surface area contributed by atoms with Gasteiger partial charge in [0.25, 0.3) is 0 Å². The number of thioether (sulfide) groups is 1. The molecule has 0 aliphatic rings. The lowest BCUT2D eigenvalue weighted by molar-refractivity contribution is -0.137. The van der Waals surface area contributed by atoms with Gasteiger partial charge in [0.05, 0.1) is 28.8 Å². The summed E-state index contributed by atoms with van der Waals surface area (Å²) in [6.07, 6.45) is -3.05. The fourth-order valence-electron chi connectivity index (χ4n) is 2.82. The van der Waals surface area contributed by atoms with Crippen molar-refractivity contribution < 1.29 is 17.6 Å². The number of aryl methyl sites for hydroxylation is 1. The lowest BCUT2D eigenvalue weighted by Gasteiger charge is -2.13. The highest BCUT2D eigenvalue weighted by molar-refractivity contribution is 7.98. The molecule has 0 atom stereocenters. The number of halogens is 4. The van der Waals surface area contributed by atoms with E-state index in [-0.39, 0.29) is 22.3 Å². The first-order valence-corrected chi connectivity index (χ1v) is 9.83. The molecule has 0 saturated heterocycles. The average molecular weight is 456 g/mol. The van der Waals surface area contributed by atoms with E-state index in [0.717, 1.165) is 16.3 Å². The third kappa shape index (κ3) is 3.79. The van der Waals surface area contributed by atoms with E-state index in [9.17, 15) is 13.2 Å². The van der Waals surface area contributed by atoms with Crippen molar-refractivity contribution >= 4 is 23.4 Å². The van der Waals surface area contributed by atoms with Gasteiger partial charge in [0.1, 0.15) is 5.76 Å². The Morgan fingerprint density at radius 3 is 2.67 bits per heavy atom. The van der Waals surface area contributed by atoms with Crippen molar-refractivity contribution in [3.63, 3.8) is 0 Å². The van der Waals surface area contributed by atoms with E-state index in [2.05, 4.69) is 25.7 Å². The zero-order valence-corrected chi connectivity index (χ0v) is 17.1. The summed E-state index contributed by atoms with van der Waals surface area (Å²) in [5, 5.41) is 19.9. The van der Waals surface area contributed by atoms with Crippen LogP contribution in [0.3, 0.4) is 0 Å². The first-order chi connectivity index (χ1) is 14.3. The zero-order valence-electron chi connectivity index (χ0n) is 15.6. The summed E-state index contributed by atoms with van der Waals surface area (Å²) in [6, 6.07) is 5.22. The maximum Gasteiger partial charge on any atom is 0.418 e. The number of rotatable bonds is 5. The maximum atomic E-state index is 13.5. The van der Waals surface area contributed by atoms with Crippen LogP contribution in [-0.4, -0.2) is 35.0 Å². The van der Waals surface area contributed by atoms with Crippen LogP contribution in [0.1, 0.15) is 17.1 Å². The van der Waals surface area contributed by atoms with Crippen molar-refractivity contribution in [2.24, 2.45) is 7.05 Å². The molecule has 0 aliphatic heterocycles. The minimum Gasteiger partial charge on any atom is -0.469 e. The van der Waals surface area contributed by atoms with Gasteiger partial charge in [-0.15, -0.1) is 15.3 Å². The van der Waals surface area contributed by atoms with E-state index < -0.39 is 11.7 Å². The Labute approximate surface area is 177 Å². The van der Waals surface area contributed by atoms with E-state index in [1.807, 2.05) is 6.92 Å². The van der Waals surface area contributed by atoms with Crippen molar-refractivity contribution in [1.29, 1.82) is 0 Å². The molecule has 0 saturated carbocycles. The molecule has 8 nitrogen and oxygen atoms in total. The Morgan fingerprint density at radius 2 is 1.97 bits per heavy atom. The van der Waals surface area contributed by atoms with Gasteiger partial charge in [-0.05, 0) is 41.6 Å². The van der Waals surface area contributed by atoms with Gasteiger partial charge >= 0.3 is 6.18 Å². The number of alkyl halides is 3. The third-order valence-corrected chi connectivity index (χ3v) is 5.54. The zero-order chi connectivity index (χ0) is 21.5. The predicted octanol–water partition coefficient (Wildman–Crippen LogP) is 4.32. The van der Waals surface area contributed by atoms with Crippen LogP contribution in [-0.2, 0) is 19.0 Å². The number of aromatic nitrogens is 7. The van der Waals surface area contributed by atoms with E-state index in [4.69, 9.17) is 16.0 Å². The molecule has 0 amide bonds. The summed E-state index contributed by atoms with van der Waals surface area (Å²) in [5.74, 6) is 1.70. The number of nitrogens with zero attached hydrogens (tertiary/aromatic N) is 7. The number of benzene rings is 1. The SMILES string of the molecule is Cc1occc1-c1nnc(SCc2nnnn2-c2ccc(Cl)cc2C(F)(F)F)n1C. The van der Waals surface area contributed by atoms with Crippen LogP contribution in [0.15, 0.2) is 40.1 Å². The highest BCUT2D eigenvalue weighted by atomic mass is 35.5. The Hall–Kier alpha value is -2.86. The van der Waals surface area contributed by atoms with Gasteiger partial charge in [-0.25, -0.2) is 0 Å². The van der Waals surface area contributed by atoms with Crippen molar-refractivity contribution in [2.45, 2.75) is 24.0 Å². The monoisotopic (exact) mass is 455 g/mol. The Kier molecular flexibility index (Phi) is 5.28. The minimum atomic E-state index is -4.61. The standard InChI is InChI=1S/C17H13ClF3N7OS/c1-9-11(5-6-29-9)15-23-24-16(27(15)2)30-8-14-22-25-26-28(14)13-4-3-10(18)7-12(13)17(19,20)21/h3-7H,8H2,1-2H3. The van der Waals surface area contributed by atoms with Crippen LogP contribution in [0, 0.1) is 6.92 Å². The maximum absolute atomic E-state index is 13.5. The van der Waals surface area contributed by atoms with Gasteiger partial charge < -0.3 is 8.98 Å². The molecule has 0 unspecified atom stereocenters. The largest absolute Gasteiger partial charge is 0.469 e. The number of tetrazole rings is 1. The molecular weight excluding hydrogens is 443 g/mol. The third-order valence-electron chi connectivity index (χ3n) is 4.29.